The van der Waals surface area contributed by atoms with Gasteiger partial charge in [0.15, 0.2) is 0 Å². The first-order chi connectivity index (χ1) is 11.7. The van der Waals surface area contributed by atoms with Gasteiger partial charge in [-0.15, -0.1) is 0 Å². The van der Waals surface area contributed by atoms with E-state index in [0.717, 1.165) is 28.2 Å². The second kappa shape index (κ2) is 6.06. The van der Waals surface area contributed by atoms with E-state index in [-0.39, 0.29) is 0 Å². The summed E-state index contributed by atoms with van der Waals surface area (Å²) >= 11 is 10.2. The highest BCUT2D eigenvalue weighted by Crippen LogP contribution is 2.62. The largest absolute Gasteiger partial charge is 0.550 e. The fourth-order valence-electron chi connectivity index (χ4n) is 5.49. The number of benzene rings is 1. The van der Waals surface area contributed by atoms with Crippen LogP contribution >= 0.6 is 47.8 Å². The van der Waals surface area contributed by atoms with Gasteiger partial charge in [0.2, 0.25) is 0 Å². The summed E-state index contributed by atoms with van der Waals surface area (Å²) in [4.78, 5) is 24.7. The number of carbonyl (C=O) groups excluding carboxylic acids is 2. The second-order valence-corrected chi connectivity index (χ2v) is 10.4. The van der Waals surface area contributed by atoms with Gasteiger partial charge in [-0.25, -0.2) is 4.79 Å². The van der Waals surface area contributed by atoms with Gasteiger partial charge in [-0.3, -0.25) is 0 Å². The summed E-state index contributed by atoms with van der Waals surface area (Å²) in [6.45, 7) is 0. The zero-order valence-corrected chi connectivity index (χ0v) is 18.1. The van der Waals surface area contributed by atoms with Crippen molar-refractivity contribution in [3.05, 3.63) is 31.1 Å². The number of esters is 1. The lowest BCUT2D eigenvalue weighted by molar-refractivity contribution is -0.331. The standard InChI is InChI=1S/C18H17Br3O4/c19-11-2-12(14(21)13(20)3-11)15(22)25-18-6-9-1-10(7-18)5-17(4-9,8-18)16(23)24/h2-3,9-10H,1,4-8H2,(H,23,24)/p-1. The first kappa shape index (κ1) is 18.0. The van der Waals surface area contributed by atoms with Gasteiger partial charge in [0.1, 0.15) is 5.60 Å². The average molecular weight is 536 g/mol. The van der Waals surface area contributed by atoms with E-state index in [1.807, 2.05) is 6.07 Å². The maximum atomic E-state index is 12.9. The van der Waals surface area contributed by atoms with E-state index in [9.17, 15) is 14.7 Å². The molecule has 4 aliphatic rings. The van der Waals surface area contributed by atoms with Gasteiger partial charge in [-0.05, 0) is 94.4 Å². The minimum absolute atomic E-state index is 0.310. The highest BCUT2D eigenvalue weighted by Gasteiger charge is 2.60. The van der Waals surface area contributed by atoms with Gasteiger partial charge >= 0.3 is 5.97 Å². The molecule has 1 aromatic carbocycles. The molecule has 2 unspecified atom stereocenters. The van der Waals surface area contributed by atoms with E-state index in [4.69, 9.17) is 4.74 Å². The molecule has 2 atom stereocenters. The molecule has 0 saturated heterocycles. The Morgan fingerprint density at radius 2 is 1.72 bits per heavy atom. The van der Waals surface area contributed by atoms with Crippen LogP contribution in [0.4, 0.5) is 0 Å². The quantitative estimate of drug-likeness (QED) is 0.429. The molecule has 4 nitrogen and oxygen atoms in total. The molecule has 0 amide bonds. The molecule has 134 valence electrons. The topological polar surface area (TPSA) is 66.4 Å². The van der Waals surface area contributed by atoms with Crippen molar-refractivity contribution in [3.8, 4) is 0 Å². The van der Waals surface area contributed by atoms with Crippen molar-refractivity contribution in [2.45, 2.75) is 44.1 Å². The van der Waals surface area contributed by atoms with Crippen molar-refractivity contribution in [3.63, 3.8) is 0 Å². The molecule has 4 fully saturated rings. The molecule has 4 aliphatic carbocycles. The van der Waals surface area contributed by atoms with Gasteiger partial charge in [0, 0.05) is 24.8 Å². The van der Waals surface area contributed by atoms with Gasteiger partial charge in [-0.2, -0.15) is 0 Å². The van der Waals surface area contributed by atoms with Gasteiger partial charge in [-0.1, -0.05) is 15.9 Å². The van der Waals surface area contributed by atoms with Crippen LogP contribution < -0.4 is 5.11 Å². The van der Waals surface area contributed by atoms with E-state index in [1.165, 1.54) is 0 Å². The summed E-state index contributed by atoms with van der Waals surface area (Å²) < 4.78 is 8.16. The first-order valence-electron chi connectivity index (χ1n) is 8.31. The van der Waals surface area contributed by atoms with Crippen molar-refractivity contribution in [2.24, 2.45) is 17.3 Å². The van der Waals surface area contributed by atoms with Crippen molar-refractivity contribution in [1.29, 1.82) is 0 Å². The molecule has 0 N–H and O–H groups in total. The molecule has 1 aromatic rings. The van der Waals surface area contributed by atoms with Crippen LogP contribution in [0.5, 0.6) is 0 Å². The number of carbonyl (C=O) groups is 2. The lowest BCUT2D eigenvalue weighted by Gasteiger charge is -2.61. The van der Waals surface area contributed by atoms with Gasteiger partial charge in [0.05, 0.1) is 5.56 Å². The predicted octanol–water partition coefficient (Wildman–Crippen LogP) is 4.22. The third-order valence-electron chi connectivity index (χ3n) is 5.96. The molecule has 0 aliphatic heterocycles. The van der Waals surface area contributed by atoms with E-state index in [0.29, 0.717) is 41.1 Å². The molecule has 0 radical (unpaired) electrons. The Bertz CT molecular complexity index is 762. The molecule has 0 heterocycles. The number of carboxylic acids is 1. The normalized spacial score (nSPS) is 35.6. The predicted molar refractivity (Wildman–Crippen MR) is 99.8 cm³/mol. The lowest BCUT2D eigenvalue weighted by atomic mass is 9.48. The molecule has 5 rings (SSSR count). The number of ether oxygens (including phenoxy) is 1. The van der Waals surface area contributed by atoms with Crippen molar-refractivity contribution in [2.75, 3.05) is 0 Å². The number of hydrogen-bond acceptors (Lipinski definition) is 4. The van der Waals surface area contributed by atoms with Crippen LogP contribution in [-0.4, -0.2) is 17.5 Å². The van der Waals surface area contributed by atoms with Crippen LogP contribution in [0.1, 0.15) is 48.9 Å². The number of aliphatic carboxylic acids is 1. The molecule has 25 heavy (non-hydrogen) atoms. The molecule has 4 bridgehead atoms. The molecule has 4 saturated carbocycles. The monoisotopic (exact) mass is 533 g/mol. The van der Waals surface area contributed by atoms with E-state index in [2.05, 4.69) is 47.8 Å². The summed E-state index contributed by atoms with van der Waals surface area (Å²) in [6.07, 6.45) is 4.27. The van der Waals surface area contributed by atoms with Crippen LogP contribution in [0.2, 0.25) is 0 Å². The molecule has 7 heteroatoms. The number of hydrogen-bond donors (Lipinski definition) is 0. The Balaban J connectivity index is 1.65. The number of halogens is 3. The second-order valence-electron chi connectivity index (χ2n) is 7.85. The maximum absolute atomic E-state index is 12.9. The Hall–Kier alpha value is -0.400. The van der Waals surface area contributed by atoms with Crippen LogP contribution in [0.25, 0.3) is 0 Å². The van der Waals surface area contributed by atoms with Crippen molar-refractivity contribution >= 4 is 59.7 Å². The Labute approximate surface area is 171 Å². The Morgan fingerprint density at radius 1 is 1.08 bits per heavy atom. The third kappa shape index (κ3) is 3.00. The van der Waals surface area contributed by atoms with E-state index >= 15 is 0 Å². The summed E-state index contributed by atoms with van der Waals surface area (Å²) in [5.74, 6) is -0.771. The first-order valence-corrected chi connectivity index (χ1v) is 10.7. The van der Waals surface area contributed by atoms with E-state index in [1.54, 1.807) is 6.07 Å². The van der Waals surface area contributed by atoms with Crippen molar-refractivity contribution < 1.29 is 19.4 Å². The summed E-state index contributed by atoms with van der Waals surface area (Å²) in [5, 5.41) is 11.8. The Kier molecular flexibility index (Phi) is 4.36. The average Bonchev–Trinajstić information content (AvgIpc) is 2.48. The minimum Gasteiger partial charge on any atom is -0.550 e. The molecule has 0 spiro atoms. The molecular weight excluding hydrogens is 520 g/mol. The zero-order chi connectivity index (χ0) is 18.0. The minimum atomic E-state index is -0.978. The van der Waals surface area contributed by atoms with Gasteiger partial charge < -0.3 is 14.6 Å². The highest BCUT2D eigenvalue weighted by molar-refractivity contribution is 9.13. The van der Waals surface area contributed by atoms with Crippen LogP contribution in [0, 0.1) is 17.3 Å². The summed E-state index contributed by atoms with van der Waals surface area (Å²) in [7, 11) is 0. The maximum Gasteiger partial charge on any atom is 0.339 e. The third-order valence-corrected chi connectivity index (χ3v) is 8.43. The molecule has 0 aromatic heterocycles. The Morgan fingerprint density at radius 3 is 2.32 bits per heavy atom. The molecular formula is C18H16Br3O4-. The fourth-order valence-corrected chi connectivity index (χ4v) is 7.11. The van der Waals surface area contributed by atoms with Crippen molar-refractivity contribution in [1.82, 2.24) is 0 Å². The summed E-state index contributed by atoms with van der Waals surface area (Å²) in [6, 6.07) is 3.56. The van der Waals surface area contributed by atoms with Crippen LogP contribution in [0.3, 0.4) is 0 Å². The highest BCUT2D eigenvalue weighted by atomic mass is 79.9. The number of rotatable bonds is 3. The van der Waals surface area contributed by atoms with Crippen LogP contribution in [0.15, 0.2) is 25.6 Å². The summed E-state index contributed by atoms with van der Waals surface area (Å²) in [5.41, 5.74) is -1.06. The van der Waals surface area contributed by atoms with Gasteiger partial charge in [0.25, 0.3) is 0 Å². The SMILES string of the molecule is O=C(OC12CC3CC(C1)CC(C(=O)[O-])(C3)C2)c1cc(Br)cc(Br)c1Br. The number of carboxylic acid groups (broad SMARTS) is 1. The fraction of sp³-hybridized carbons (Fsp3) is 0.556. The smallest absolute Gasteiger partial charge is 0.339 e. The van der Waals surface area contributed by atoms with E-state index < -0.39 is 23.0 Å². The van der Waals surface area contributed by atoms with Crippen LogP contribution in [-0.2, 0) is 9.53 Å². The zero-order valence-electron chi connectivity index (χ0n) is 13.3. The lowest BCUT2D eigenvalue weighted by Crippen LogP contribution is -2.62.